The maximum absolute atomic E-state index is 11.4. The summed E-state index contributed by atoms with van der Waals surface area (Å²) in [5, 5.41) is 0. The predicted octanol–water partition coefficient (Wildman–Crippen LogP) is -0.486. The lowest BCUT2D eigenvalue weighted by atomic mass is 10.2. The summed E-state index contributed by atoms with van der Waals surface area (Å²) in [6.45, 7) is 6.94. The van der Waals surface area contributed by atoms with E-state index in [4.69, 9.17) is 10.5 Å². The molecule has 1 atom stereocenters. The van der Waals surface area contributed by atoms with Gasteiger partial charge in [0.25, 0.3) is 0 Å². The fourth-order valence-corrected chi connectivity index (χ4v) is 1.88. The summed E-state index contributed by atoms with van der Waals surface area (Å²) in [6.07, 6.45) is 1.13. The van der Waals surface area contributed by atoms with Crippen molar-refractivity contribution >= 4 is 5.97 Å². The van der Waals surface area contributed by atoms with E-state index >= 15 is 0 Å². The van der Waals surface area contributed by atoms with E-state index in [1.54, 1.807) is 6.92 Å². The highest BCUT2D eigenvalue weighted by Gasteiger charge is 2.20. The molecule has 1 aliphatic heterocycles. The van der Waals surface area contributed by atoms with E-state index in [1.165, 1.54) is 0 Å². The van der Waals surface area contributed by atoms with E-state index in [1.807, 2.05) is 0 Å². The van der Waals surface area contributed by atoms with Crippen LogP contribution in [0, 0.1) is 0 Å². The first kappa shape index (κ1) is 13.4. The van der Waals surface area contributed by atoms with Gasteiger partial charge >= 0.3 is 5.97 Å². The van der Waals surface area contributed by atoms with E-state index in [-0.39, 0.29) is 5.97 Å². The Kier molecular flexibility index (Phi) is 5.73. The summed E-state index contributed by atoms with van der Waals surface area (Å²) in [7, 11) is 2.12. The zero-order chi connectivity index (χ0) is 12.0. The fraction of sp³-hybridized carbons (Fsp3) is 0.909. The number of esters is 1. The molecule has 0 spiro atoms. The lowest BCUT2D eigenvalue weighted by Crippen LogP contribution is -2.44. The quantitative estimate of drug-likeness (QED) is 0.660. The molecule has 1 saturated heterocycles. The summed E-state index contributed by atoms with van der Waals surface area (Å²) in [4.78, 5) is 15.9. The molecule has 0 bridgehead atoms. The van der Waals surface area contributed by atoms with Crippen LogP contribution in [0.4, 0.5) is 0 Å². The summed E-state index contributed by atoms with van der Waals surface area (Å²) in [5.74, 6) is -0.292. The first-order valence-electron chi connectivity index (χ1n) is 5.96. The molecule has 1 unspecified atom stereocenters. The second-order valence-electron chi connectivity index (χ2n) is 4.32. The molecule has 0 radical (unpaired) electrons. The van der Waals surface area contributed by atoms with Gasteiger partial charge in [-0.15, -0.1) is 0 Å². The molecule has 1 heterocycles. The molecule has 1 rings (SSSR count). The molecule has 94 valence electrons. The molecular weight excluding hydrogens is 206 g/mol. The third-order valence-corrected chi connectivity index (χ3v) is 2.86. The number of hydrogen-bond donors (Lipinski definition) is 1. The number of nitrogens with two attached hydrogens (primary N) is 1. The van der Waals surface area contributed by atoms with Crippen molar-refractivity contribution in [1.82, 2.24) is 9.80 Å². The van der Waals surface area contributed by atoms with Crippen molar-refractivity contribution in [3.05, 3.63) is 0 Å². The zero-order valence-electron chi connectivity index (χ0n) is 10.3. The summed E-state index contributed by atoms with van der Waals surface area (Å²) >= 11 is 0. The number of ether oxygens (including phenoxy) is 1. The predicted molar refractivity (Wildman–Crippen MR) is 63.2 cm³/mol. The van der Waals surface area contributed by atoms with E-state index in [0.29, 0.717) is 13.2 Å². The highest BCUT2D eigenvalue weighted by atomic mass is 16.5. The molecule has 0 amide bonds. The number of carbonyl (C=O) groups excluding carboxylic acids is 1. The molecule has 2 N–H and O–H groups in total. The highest BCUT2D eigenvalue weighted by molar-refractivity contribution is 5.75. The zero-order valence-corrected chi connectivity index (χ0v) is 10.3. The average molecular weight is 229 g/mol. The molecule has 0 saturated carbocycles. The number of rotatable bonds is 4. The van der Waals surface area contributed by atoms with Crippen LogP contribution in [0.3, 0.4) is 0 Å². The standard InChI is InChI=1S/C11H23N3O2/c1-3-16-11(15)10(12)9-14-6-4-5-13(2)7-8-14/h10H,3-9,12H2,1-2H3. The highest BCUT2D eigenvalue weighted by Crippen LogP contribution is 2.02. The summed E-state index contributed by atoms with van der Waals surface area (Å²) in [6, 6.07) is -0.511. The van der Waals surface area contributed by atoms with Crippen molar-refractivity contribution in [2.75, 3.05) is 46.4 Å². The maximum atomic E-state index is 11.4. The number of nitrogens with zero attached hydrogens (tertiary/aromatic N) is 2. The smallest absolute Gasteiger partial charge is 0.324 e. The lowest BCUT2D eigenvalue weighted by molar-refractivity contribution is -0.145. The van der Waals surface area contributed by atoms with Gasteiger partial charge in [-0.3, -0.25) is 9.69 Å². The number of likely N-dealkylation sites (N-methyl/N-ethyl adjacent to an activating group) is 1. The van der Waals surface area contributed by atoms with Crippen LogP contribution in [0.25, 0.3) is 0 Å². The van der Waals surface area contributed by atoms with Crippen molar-refractivity contribution in [3.8, 4) is 0 Å². The van der Waals surface area contributed by atoms with Crippen LogP contribution in [0.15, 0.2) is 0 Å². The first-order valence-corrected chi connectivity index (χ1v) is 5.96. The van der Waals surface area contributed by atoms with Crippen molar-refractivity contribution in [2.24, 2.45) is 5.73 Å². The molecule has 16 heavy (non-hydrogen) atoms. The van der Waals surface area contributed by atoms with E-state index in [2.05, 4.69) is 16.8 Å². The summed E-state index contributed by atoms with van der Waals surface area (Å²) in [5.41, 5.74) is 5.79. The van der Waals surface area contributed by atoms with Gasteiger partial charge in [0.2, 0.25) is 0 Å². The van der Waals surface area contributed by atoms with Crippen LogP contribution >= 0.6 is 0 Å². The molecule has 0 aromatic heterocycles. The van der Waals surface area contributed by atoms with Gasteiger partial charge in [0.1, 0.15) is 6.04 Å². The van der Waals surface area contributed by atoms with Crippen molar-refractivity contribution in [1.29, 1.82) is 0 Å². The van der Waals surface area contributed by atoms with Crippen LogP contribution < -0.4 is 5.73 Å². The Hall–Kier alpha value is -0.650. The topological polar surface area (TPSA) is 58.8 Å². The first-order chi connectivity index (χ1) is 7.63. The Morgan fingerprint density at radius 3 is 2.81 bits per heavy atom. The van der Waals surface area contributed by atoms with Gasteiger partial charge in [-0.2, -0.15) is 0 Å². The molecule has 5 nitrogen and oxygen atoms in total. The molecule has 5 heteroatoms. The van der Waals surface area contributed by atoms with E-state index in [9.17, 15) is 4.79 Å². The fourth-order valence-electron chi connectivity index (χ4n) is 1.88. The van der Waals surface area contributed by atoms with Gasteiger partial charge in [0.15, 0.2) is 0 Å². The Bertz CT molecular complexity index is 223. The maximum Gasteiger partial charge on any atom is 0.324 e. The van der Waals surface area contributed by atoms with Crippen LogP contribution in [0.1, 0.15) is 13.3 Å². The van der Waals surface area contributed by atoms with Crippen molar-refractivity contribution in [3.63, 3.8) is 0 Å². The third kappa shape index (κ3) is 4.47. The average Bonchev–Trinajstić information content (AvgIpc) is 2.44. The molecule has 0 aromatic rings. The van der Waals surface area contributed by atoms with Gasteiger partial charge < -0.3 is 15.4 Å². The number of carbonyl (C=O) groups is 1. The summed E-state index contributed by atoms with van der Waals surface area (Å²) < 4.78 is 4.90. The molecule has 1 fully saturated rings. The molecule has 0 aliphatic carbocycles. The van der Waals surface area contributed by atoms with Crippen LogP contribution in [0.5, 0.6) is 0 Å². The van der Waals surface area contributed by atoms with E-state index in [0.717, 1.165) is 32.6 Å². The minimum atomic E-state index is -0.511. The lowest BCUT2D eigenvalue weighted by Gasteiger charge is -2.22. The molecular formula is C11H23N3O2. The second kappa shape index (κ2) is 6.83. The minimum absolute atomic E-state index is 0.292. The Balaban J connectivity index is 2.32. The largest absolute Gasteiger partial charge is 0.465 e. The van der Waals surface area contributed by atoms with Crippen LogP contribution in [-0.4, -0.2) is 68.2 Å². The Morgan fingerprint density at radius 1 is 1.38 bits per heavy atom. The van der Waals surface area contributed by atoms with Crippen LogP contribution in [-0.2, 0) is 9.53 Å². The SMILES string of the molecule is CCOC(=O)C(N)CN1CCCN(C)CC1. The second-order valence-corrected chi connectivity index (χ2v) is 4.32. The van der Waals surface area contributed by atoms with Gasteiger partial charge in [-0.25, -0.2) is 0 Å². The van der Waals surface area contributed by atoms with Crippen LogP contribution in [0.2, 0.25) is 0 Å². The van der Waals surface area contributed by atoms with Gasteiger partial charge in [-0.05, 0) is 33.5 Å². The van der Waals surface area contributed by atoms with Crippen molar-refractivity contribution in [2.45, 2.75) is 19.4 Å². The Labute approximate surface area is 97.5 Å². The van der Waals surface area contributed by atoms with Gasteiger partial charge in [0.05, 0.1) is 6.61 Å². The minimum Gasteiger partial charge on any atom is -0.465 e. The third-order valence-electron chi connectivity index (χ3n) is 2.86. The molecule has 0 aromatic carbocycles. The van der Waals surface area contributed by atoms with E-state index < -0.39 is 6.04 Å². The molecule has 1 aliphatic rings. The normalized spacial score (nSPS) is 21.4. The van der Waals surface area contributed by atoms with Crippen molar-refractivity contribution < 1.29 is 9.53 Å². The number of hydrogen-bond acceptors (Lipinski definition) is 5. The Morgan fingerprint density at radius 2 is 2.12 bits per heavy atom. The van der Waals surface area contributed by atoms with Gasteiger partial charge in [0, 0.05) is 19.6 Å². The monoisotopic (exact) mass is 229 g/mol. The van der Waals surface area contributed by atoms with Gasteiger partial charge in [-0.1, -0.05) is 0 Å².